The minimum atomic E-state index is 0.0202. The number of nitrogens with zero attached hydrogens (tertiary/aromatic N) is 8. The molecule has 4 heterocycles. The predicted octanol–water partition coefficient (Wildman–Crippen LogP) is 1.78. The average molecular weight is 352 g/mol. The van der Waals surface area contributed by atoms with Crippen LogP contribution in [0.3, 0.4) is 0 Å². The molecule has 1 aliphatic heterocycles. The van der Waals surface area contributed by atoms with Gasteiger partial charge in [0.05, 0.1) is 17.3 Å². The van der Waals surface area contributed by atoms with E-state index in [0.717, 1.165) is 54.5 Å². The summed E-state index contributed by atoms with van der Waals surface area (Å²) in [7, 11) is 1.90. The Morgan fingerprint density at radius 1 is 0.885 bits per heavy atom. The summed E-state index contributed by atoms with van der Waals surface area (Å²) in [5, 5.41) is 5.31. The van der Waals surface area contributed by atoms with E-state index in [9.17, 15) is 0 Å². The number of hydrogen-bond donors (Lipinski definition) is 0. The summed E-state index contributed by atoms with van der Waals surface area (Å²) < 4.78 is 1.78. The maximum atomic E-state index is 4.51. The molecular formula is C18H24N8. The van der Waals surface area contributed by atoms with Gasteiger partial charge >= 0.3 is 0 Å². The third-order valence-corrected chi connectivity index (χ3v) is 4.83. The van der Waals surface area contributed by atoms with Crippen LogP contribution in [-0.4, -0.2) is 55.9 Å². The molecule has 0 bridgehead atoms. The summed E-state index contributed by atoms with van der Waals surface area (Å²) >= 11 is 0. The summed E-state index contributed by atoms with van der Waals surface area (Å²) in [6, 6.07) is 2.11. The van der Waals surface area contributed by atoms with Crippen LogP contribution in [0, 0.1) is 0 Å². The molecule has 0 spiro atoms. The van der Waals surface area contributed by atoms with E-state index in [2.05, 4.69) is 61.7 Å². The van der Waals surface area contributed by atoms with Crippen molar-refractivity contribution in [2.75, 3.05) is 36.0 Å². The summed E-state index contributed by atoms with van der Waals surface area (Å²) in [5.74, 6) is 1.96. The van der Waals surface area contributed by atoms with Crippen LogP contribution in [0.2, 0.25) is 0 Å². The molecule has 0 aromatic carbocycles. The zero-order valence-electron chi connectivity index (χ0n) is 15.7. The number of hydrogen-bond acceptors (Lipinski definition) is 7. The fourth-order valence-corrected chi connectivity index (χ4v) is 3.28. The third-order valence-electron chi connectivity index (χ3n) is 4.83. The van der Waals surface area contributed by atoms with Crippen LogP contribution in [0.4, 0.5) is 11.6 Å². The SMILES string of the molecule is Cn1ncc2c(N3CCN(c4cc(C(C)(C)C)ncn4)CC3)ncnc21. The first-order valence-corrected chi connectivity index (χ1v) is 8.88. The Balaban J connectivity index is 1.52. The smallest absolute Gasteiger partial charge is 0.163 e. The molecule has 1 saturated heterocycles. The van der Waals surface area contributed by atoms with Crippen molar-refractivity contribution in [2.24, 2.45) is 7.05 Å². The van der Waals surface area contributed by atoms with Gasteiger partial charge in [-0.1, -0.05) is 20.8 Å². The van der Waals surface area contributed by atoms with E-state index in [1.54, 1.807) is 17.3 Å². The molecule has 3 aromatic rings. The standard InChI is InChI=1S/C18H24N8/c1-18(2,3)14-9-15(20-11-19-14)25-5-7-26(8-6-25)17-13-10-23-24(4)16(13)21-12-22-17/h9-12H,5-8H2,1-4H3. The molecule has 3 aromatic heterocycles. The van der Waals surface area contributed by atoms with Crippen molar-refractivity contribution in [3.63, 3.8) is 0 Å². The Labute approximate surface area is 152 Å². The molecule has 8 nitrogen and oxygen atoms in total. The van der Waals surface area contributed by atoms with Crippen molar-refractivity contribution in [1.82, 2.24) is 29.7 Å². The second kappa shape index (κ2) is 6.19. The number of aromatic nitrogens is 6. The van der Waals surface area contributed by atoms with Gasteiger partial charge in [0.15, 0.2) is 5.65 Å². The molecule has 0 saturated carbocycles. The minimum Gasteiger partial charge on any atom is -0.353 e. The van der Waals surface area contributed by atoms with Crippen LogP contribution in [0.15, 0.2) is 24.9 Å². The number of fused-ring (bicyclic) bond motifs is 1. The maximum absolute atomic E-state index is 4.51. The van der Waals surface area contributed by atoms with Gasteiger partial charge in [-0.05, 0) is 0 Å². The Hall–Kier alpha value is -2.77. The molecule has 4 rings (SSSR count). The van der Waals surface area contributed by atoms with Crippen LogP contribution in [0.25, 0.3) is 11.0 Å². The number of rotatable bonds is 2. The van der Waals surface area contributed by atoms with Crippen LogP contribution in [0.1, 0.15) is 26.5 Å². The van der Waals surface area contributed by atoms with Crippen molar-refractivity contribution in [3.8, 4) is 0 Å². The van der Waals surface area contributed by atoms with Crippen molar-refractivity contribution in [1.29, 1.82) is 0 Å². The molecule has 26 heavy (non-hydrogen) atoms. The lowest BCUT2D eigenvalue weighted by molar-refractivity contribution is 0.564. The lowest BCUT2D eigenvalue weighted by Crippen LogP contribution is -2.47. The average Bonchev–Trinajstić information content (AvgIpc) is 3.03. The molecule has 1 fully saturated rings. The second-order valence-electron chi connectivity index (χ2n) is 7.69. The van der Waals surface area contributed by atoms with E-state index in [-0.39, 0.29) is 5.41 Å². The zero-order valence-corrected chi connectivity index (χ0v) is 15.7. The Bertz CT molecular complexity index is 918. The predicted molar refractivity (Wildman–Crippen MR) is 101 cm³/mol. The van der Waals surface area contributed by atoms with Gasteiger partial charge in [-0.2, -0.15) is 5.10 Å². The minimum absolute atomic E-state index is 0.0202. The summed E-state index contributed by atoms with van der Waals surface area (Å²) in [4.78, 5) is 22.4. The second-order valence-corrected chi connectivity index (χ2v) is 7.69. The molecule has 8 heteroatoms. The number of aryl methyl sites for hydroxylation is 1. The van der Waals surface area contributed by atoms with E-state index in [0.29, 0.717) is 0 Å². The molecule has 0 unspecified atom stereocenters. The fraction of sp³-hybridized carbons (Fsp3) is 0.500. The van der Waals surface area contributed by atoms with E-state index < -0.39 is 0 Å². The molecule has 0 atom stereocenters. The van der Waals surface area contributed by atoms with Crippen molar-refractivity contribution >= 4 is 22.7 Å². The van der Waals surface area contributed by atoms with Gasteiger partial charge in [0.1, 0.15) is 24.3 Å². The lowest BCUT2D eigenvalue weighted by atomic mass is 9.92. The van der Waals surface area contributed by atoms with Crippen molar-refractivity contribution in [2.45, 2.75) is 26.2 Å². The first-order valence-electron chi connectivity index (χ1n) is 8.88. The normalized spacial score (nSPS) is 15.7. The van der Waals surface area contributed by atoms with Crippen LogP contribution in [0.5, 0.6) is 0 Å². The van der Waals surface area contributed by atoms with Crippen LogP contribution < -0.4 is 9.80 Å². The van der Waals surface area contributed by atoms with Crippen molar-refractivity contribution in [3.05, 3.63) is 30.6 Å². The van der Waals surface area contributed by atoms with Crippen LogP contribution in [-0.2, 0) is 12.5 Å². The summed E-state index contributed by atoms with van der Waals surface area (Å²) in [6.45, 7) is 10.1. The Morgan fingerprint density at radius 2 is 1.58 bits per heavy atom. The largest absolute Gasteiger partial charge is 0.353 e. The topological polar surface area (TPSA) is 75.9 Å². The molecule has 0 amide bonds. The van der Waals surface area contributed by atoms with E-state index in [1.165, 1.54) is 0 Å². The zero-order chi connectivity index (χ0) is 18.3. The highest BCUT2D eigenvalue weighted by molar-refractivity contribution is 5.86. The fourth-order valence-electron chi connectivity index (χ4n) is 3.28. The van der Waals surface area contributed by atoms with Gasteiger partial charge in [-0.15, -0.1) is 0 Å². The van der Waals surface area contributed by atoms with E-state index in [1.807, 2.05) is 13.2 Å². The Kier molecular flexibility index (Phi) is 3.97. The molecule has 0 aliphatic carbocycles. The first-order chi connectivity index (χ1) is 12.4. The third kappa shape index (κ3) is 2.95. The van der Waals surface area contributed by atoms with E-state index >= 15 is 0 Å². The van der Waals surface area contributed by atoms with Gasteiger partial charge < -0.3 is 9.80 Å². The molecule has 1 aliphatic rings. The number of anilines is 2. The van der Waals surface area contributed by atoms with Gasteiger partial charge in [0.25, 0.3) is 0 Å². The van der Waals surface area contributed by atoms with Gasteiger partial charge in [-0.25, -0.2) is 19.9 Å². The van der Waals surface area contributed by atoms with Gasteiger partial charge in [0, 0.05) is 44.7 Å². The quantitative estimate of drug-likeness (QED) is 0.696. The van der Waals surface area contributed by atoms with Gasteiger partial charge in [-0.3, -0.25) is 4.68 Å². The summed E-state index contributed by atoms with van der Waals surface area (Å²) in [6.07, 6.45) is 5.13. The monoisotopic (exact) mass is 352 g/mol. The molecule has 136 valence electrons. The van der Waals surface area contributed by atoms with Crippen molar-refractivity contribution < 1.29 is 0 Å². The molecule has 0 N–H and O–H groups in total. The highest BCUT2D eigenvalue weighted by atomic mass is 15.3. The summed E-state index contributed by atoms with van der Waals surface area (Å²) in [5.41, 5.74) is 1.95. The highest BCUT2D eigenvalue weighted by Crippen LogP contribution is 2.26. The highest BCUT2D eigenvalue weighted by Gasteiger charge is 2.23. The van der Waals surface area contributed by atoms with E-state index in [4.69, 9.17) is 0 Å². The first kappa shape index (κ1) is 16.7. The number of piperazine rings is 1. The molecular weight excluding hydrogens is 328 g/mol. The van der Waals surface area contributed by atoms with Gasteiger partial charge in [0.2, 0.25) is 0 Å². The Morgan fingerprint density at radius 3 is 2.31 bits per heavy atom. The lowest BCUT2D eigenvalue weighted by Gasteiger charge is -2.36. The maximum Gasteiger partial charge on any atom is 0.163 e. The molecule has 0 radical (unpaired) electrons. The van der Waals surface area contributed by atoms with Crippen LogP contribution >= 0.6 is 0 Å².